The average molecular weight is 383 g/mol. The van der Waals surface area contributed by atoms with Crippen LogP contribution in [0.3, 0.4) is 0 Å². The van der Waals surface area contributed by atoms with Crippen molar-refractivity contribution in [1.82, 2.24) is 4.31 Å². The first-order chi connectivity index (χ1) is 9.40. The molecule has 0 N–H and O–H groups in total. The molecule has 10 heteroatoms. The van der Waals surface area contributed by atoms with Crippen molar-refractivity contribution in [1.29, 1.82) is 0 Å². The van der Waals surface area contributed by atoms with Gasteiger partial charge in [0.25, 0.3) is 0 Å². The number of hydrogen-bond donors (Lipinski definition) is 0. The predicted molar refractivity (Wildman–Crippen MR) is 75.0 cm³/mol. The highest BCUT2D eigenvalue weighted by atomic mass is 35.6. The Labute approximate surface area is 134 Å². The second-order valence-electron chi connectivity index (χ2n) is 4.58. The monoisotopic (exact) mass is 381 g/mol. The molecule has 2 unspecified atom stereocenters. The molecule has 2 rings (SSSR count). The fourth-order valence-electron chi connectivity index (χ4n) is 1.89. The van der Waals surface area contributed by atoms with Gasteiger partial charge in [-0.25, -0.2) is 8.42 Å². The number of halogens is 6. The third-order valence-corrected chi connectivity index (χ3v) is 5.69. The minimum atomic E-state index is -4.43. The van der Waals surface area contributed by atoms with Crippen LogP contribution in [0.5, 0.6) is 0 Å². The maximum Gasteiger partial charge on any atom is 0.416 e. The Hall–Kier alpha value is -0.210. The summed E-state index contributed by atoms with van der Waals surface area (Å²) in [6.45, 7) is 0.161. The zero-order valence-corrected chi connectivity index (χ0v) is 13.3. The molecule has 1 aliphatic rings. The van der Waals surface area contributed by atoms with Crippen molar-refractivity contribution in [2.75, 3.05) is 12.3 Å². The highest BCUT2D eigenvalue weighted by Crippen LogP contribution is 2.41. The molecule has 0 amide bonds. The number of sulfonamides is 1. The van der Waals surface area contributed by atoms with Crippen LogP contribution in [0.1, 0.15) is 17.2 Å². The average Bonchev–Trinajstić information content (AvgIpc) is 3.05. The Balaban J connectivity index is 2.10. The van der Waals surface area contributed by atoms with Crippen molar-refractivity contribution in [3.05, 3.63) is 35.4 Å². The van der Waals surface area contributed by atoms with Gasteiger partial charge in [0, 0.05) is 6.54 Å². The molecular formula is C11H9Cl3F3NO2S. The maximum atomic E-state index is 12.4. The lowest BCUT2D eigenvalue weighted by molar-refractivity contribution is -0.137. The molecule has 0 radical (unpaired) electrons. The number of alkyl halides is 6. The number of rotatable bonds is 3. The number of benzene rings is 1. The van der Waals surface area contributed by atoms with E-state index in [1.807, 2.05) is 0 Å². The normalized spacial score (nSPS) is 23.1. The van der Waals surface area contributed by atoms with E-state index >= 15 is 0 Å². The SMILES string of the molecule is O=S(=O)(CC(Cl)(Cl)Cl)N1CC1c1ccc(C(F)(F)F)cc1. The van der Waals surface area contributed by atoms with Gasteiger partial charge in [0.15, 0.2) is 0 Å². The van der Waals surface area contributed by atoms with Gasteiger partial charge in [0.1, 0.15) is 5.75 Å². The van der Waals surface area contributed by atoms with Gasteiger partial charge in [0.2, 0.25) is 13.8 Å². The lowest BCUT2D eigenvalue weighted by Gasteiger charge is -2.12. The molecule has 0 spiro atoms. The van der Waals surface area contributed by atoms with Crippen molar-refractivity contribution in [2.45, 2.75) is 16.0 Å². The Morgan fingerprint density at radius 1 is 1.14 bits per heavy atom. The van der Waals surface area contributed by atoms with E-state index in [1.54, 1.807) is 0 Å². The van der Waals surface area contributed by atoms with Crippen LogP contribution < -0.4 is 0 Å². The smallest absolute Gasteiger partial charge is 0.212 e. The van der Waals surface area contributed by atoms with Crippen LogP contribution in [0.15, 0.2) is 24.3 Å². The highest BCUT2D eigenvalue weighted by molar-refractivity contribution is 7.89. The molecule has 0 bridgehead atoms. The molecule has 1 aromatic rings. The third-order valence-electron chi connectivity index (χ3n) is 2.89. The molecule has 3 nitrogen and oxygen atoms in total. The summed E-state index contributed by atoms with van der Waals surface area (Å²) in [6, 6.07) is 3.81. The van der Waals surface area contributed by atoms with Gasteiger partial charge in [-0.15, -0.1) is 0 Å². The van der Waals surface area contributed by atoms with Crippen molar-refractivity contribution in [3.8, 4) is 0 Å². The second kappa shape index (κ2) is 5.45. The molecule has 1 fully saturated rings. The standard InChI is InChI=1S/C11H9Cl3F3NO2S/c12-10(13,14)6-21(19,20)18-5-9(18)7-1-3-8(4-2-7)11(15,16)17/h1-4,9H,5-6H2. The van der Waals surface area contributed by atoms with E-state index in [0.717, 1.165) is 16.4 Å². The van der Waals surface area contributed by atoms with Crippen molar-refractivity contribution in [2.24, 2.45) is 0 Å². The van der Waals surface area contributed by atoms with Crippen molar-refractivity contribution in [3.63, 3.8) is 0 Å². The summed E-state index contributed by atoms with van der Waals surface area (Å²) in [5, 5.41) is 0. The summed E-state index contributed by atoms with van der Waals surface area (Å²) in [4.78, 5) is 0. The summed E-state index contributed by atoms with van der Waals surface area (Å²) in [6.07, 6.45) is -4.43. The Bertz CT molecular complexity index is 626. The summed E-state index contributed by atoms with van der Waals surface area (Å²) < 4.78 is 60.3. The molecule has 21 heavy (non-hydrogen) atoms. The minimum Gasteiger partial charge on any atom is -0.212 e. The van der Waals surface area contributed by atoms with Crippen molar-refractivity contribution < 1.29 is 21.6 Å². The van der Waals surface area contributed by atoms with E-state index in [2.05, 4.69) is 0 Å². The lowest BCUT2D eigenvalue weighted by Crippen LogP contribution is -2.25. The lowest BCUT2D eigenvalue weighted by atomic mass is 10.1. The summed E-state index contributed by atoms with van der Waals surface area (Å²) in [7, 11) is -3.77. The minimum absolute atomic E-state index is 0.161. The van der Waals surface area contributed by atoms with Gasteiger partial charge < -0.3 is 0 Å². The van der Waals surface area contributed by atoms with Crippen LogP contribution in [0.2, 0.25) is 0 Å². The quantitative estimate of drug-likeness (QED) is 0.589. The van der Waals surface area contributed by atoms with E-state index in [-0.39, 0.29) is 6.54 Å². The molecule has 118 valence electrons. The van der Waals surface area contributed by atoms with Crippen LogP contribution in [0, 0.1) is 0 Å². The molecule has 1 heterocycles. The Kier molecular flexibility index (Phi) is 4.45. The van der Waals surface area contributed by atoms with E-state index in [1.165, 1.54) is 12.1 Å². The van der Waals surface area contributed by atoms with E-state index < -0.39 is 37.4 Å². The molecule has 1 aliphatic heterocycles. The maximum absolute atomic E-state index is 12.4. The van der Waals surface area contributed by atoms with Gasteiger partial charge in [0.05, 0.1) is 11.6 Å². The van der Waals surface area contributed by atoms with Crippen molar-refractivity contribution >= 4 is 44.8 Å². The largest absolute Gasteiger partial charge is 0.416 e. The molecule has 0 aromatic heterocycles. The van der Waals surface area contributed by atoms with Gasteiger partial charge in [-0.3, -0.25) is 0 Å². The first kappa shape index (κ1) is 17.1. The molecule has 1 saturated heterocycles. The van der Waals surface area contributed by atoms with Crippen LogP contribution in [-0.2, 0) is 16.2 Å². The zero-order chi connectivity index (χ0) is 16.1. The Morgan fingerprint density at radius 3 is 2.10 bits per heavy atom. The number of nitrogens with zero attached hydrogens (tertiary/aromatic N) is 1. The molecule has 0 saturated carbocycles. The van der Waals surface area contributed by atoms with E-state index in [0.29, 0.717) is 5.56 Å². The topological polar surface area (TPSA) is 37.1 Å². The second-order valence-corrected chi connectivity index (χ2v) is 9.01. The number of hydrogen-bond acceptors (Lipinski definition) is 2. The fourth-order valence-corrected chi connectivity index (χ4v) is 4.58. The van der Waals surface area contributed by atoms with Crippen LogP contribution in [0.4, 0.5) is 13.2 Å². The van der Waals surface area contributed by atoms with Gasteiger partial charge in [-0.05, 0) is 17.7 Å². The van der Waals surface area contributed by atoms with Gasteiger partial charge in [-0.2, -0.15) is 17.5 Å². The first-order valence-electron chi connectivity index (χ1n) is 5.63. The van der Waals surface area contributed by atoms with Crippen LogP contribution in [-0.4, -0.2) is 28.8 Å². The van der Waals surface area contributed by atoms with Crippen LogP contribution >= 0.6 is 34.8 Å². The molecular weight excluding hydrogens is 374 g/mol. The summed E-state index contributed by atoms with van der Waals surface area (Å²) >= 11 is 16.4. The highest BCUT2D eigenvalue weighted by Gasteiger charge is 2.47. The molecule has 1 aromatic carbocycles. The molecule has 0 aliphatic carbocycles. The fraction of sp³-hybridized carbons (Fsp3) is 0.455. The van der Waals surface area contributed by atoms with Gasteiger partial charge in [-0.1, -0.05) is 46.9 Å². The molecule has 2 atom stereocenters. The van der Waals surface area contributed by atoms with E-state index in [4.69, 9.17) is 34.8 Å². The van der Waals surface area contributed by atoms with E-state index in [9.17, 15) is 21.6 Å². The zero-order valence-electron chi connectivity index (χ0n) is 10.2. The Morgan fingerprint density at radius 2 is 1.67 bits per heavy atom. The summed E-state index contributed by atoms with van der Waals surface area (Å²) in [5.74, 6) is -0.679. The van der Waals surface area contributed by atoms with Gasteiger partial charge >= 0.3 is 6.18 Å². The third kappa shape index (κ3) is 4.39. The first-order valence-corrected chi connectivity index (χ1v) is 8.38. The summed E-state index contributed by atoms with van der Waals surface area (Å²) in [5.41, 5.74) is -0.321. The predicted octanol–water partition coefficient (Wildman–Crippen LogP) is 3.76. The van der Waals surface area contributed by atoms with Crippen LogP contribution in [0.25, 0.3) is 0 Å².